The molecule has 0 spiro atoms. The van der Waals surface area contributed by atoms with Gasteiger partial charge in [-0.25, -0.2) is 13.2 Å². The summed E-state index contributed by atoms with van der Waals surface area (Å²) in [5.74, 6) is -1.51. The summed E-state index contributed by atoms with van der Waals surface area (Å²) in [5, 5.41) is 13.8. The van der Waals surface area contributed by atoms with Crippen molar-refractivity contribution in [3.63, 3.8) is 0 Å². The Labute approximate surface area is 113 Å². The van der Waals surface area contributed by atoms with Crippen molar-refractivity contribution in [3.8, 4) is 0 Å². The third-order valence-electron chi connectivity index (χ3n) is 2.47. The SMILES string of the molecule is CCCC(CNC(=O)NCCCS(C)(=O)=O)C(=O)O. The number of hydrogen-bond acceptors (Lipinski definition) is 4. The maximum Gasteiger partial charge on any atom is 0.314 e. The number of carbonyl (C=O) groups excluding carboxylic acids is 1. The van der Waals surface area contributed by atoms with Crippen LogP contribution in [-0.2, 0) is 14.6 Å². The highest BCUT2D eigenvalue weighted by Crippen LogP contribution is 2.04. The molecule has 0 saturated carbocycles. The lowest BCUT2D eigenvalue weighted by Crippen LogP contribution is -2.40. The molecule has 0 fully saturated rings. The van der Waals surface area contributed by atoms with E-state index in [1.54, 1.807) is 0 Å². The van der Waals surface area contributed by atoms with Gasteiger partial charge in [-0.15, -0.1) is 0 Å². The van der Waals surface area contributed by atoms with Gasteiger partial charge in [0.1, 0.15) is 9.84 Å². The van der Waals surface area contributed by atoms with E-state index < -0.39 is 27.8 Å². The molecule has 3 N–H and O–H groups in total. The molecule has 0 radical (unpaired) electrons. The van der Waals surface area contributed by atoms with E-state index in [1.807, 2.05) is 6.92 Å². The number of aliphatic carboxylic acids is 1. The first-order valence-corrected chi connectivity index (χ1v) is 8.24. The van der Waals surface area contributed by atoms with Crippen LogP contribution in [0, 0.1) is 5.92 Å². The van der Waals surface area contributed by atoms with Gasteiger partial charge in [-0.3, -0.25) is 4.79 Å². The number of nitrogens with one attached hydrogen (secondary N) is 2. The minimum atomic E-state index is -3.02. The Hall–Kier alpha value is -1.31. The quantitative estimate of drug-likeness (QED) is 0.527. The smallest absolute Gasteiger partial charge is 0.314 e. The number of urea groups is 1. The number of sulfone groups is 1. The van der Waals surface area contributed by atoms with Crippen LogP contribution in [0.4, 0.5) is 4.79 Å². The van der Waals surface area contributed by atoms with Gasteiger partial charge >= 0.3 is 12.0 Å². The van der Waals surface area contributed by atoms with Crippen molar-refractivity contribution >= 4 is 21.8 Å². The van der Waals surface area contributed by atoms with Crippen molar-refractivity contribution in [2.45, 2.75) is 26.2 Å². The Balaban J connectivity index is 3.83. The van der Waals surface area contributed by atoms with Crippen LogP contribution in [0.2, 0.25) is 0 Å². The van der Waals surface area contributed by atoms with Gasteiger partial charge in [-0.1, -0.05) is 13.3 Å². The maximum atomic E-state index is 11.3. The number of hydrogen-bond donors (Lipinski definition) is 3. The lowest BCUT2D eigenvalue weighted by atomic mass is 10.0. The lowest BCUT2D eigenvalue weighted by Gasteiger charge is -2.12. The molecule has 7 nitrogen and oxygen atoms in total. The summed E-state index contributed by atoms with van der Waals surface area (Å²) in [5.41, 5.74) is 0. The summed E-state index contributed by atoms with van der Waals surface area (Å²) in [6.07, 6.45) is 2.71. The van der Waals surface area contributed by atoms with Crippen molar-refractivity contribution in [3.05, 3.63) is 0 Å². The first-order chi connectivity index (χ1) is 8.76. The van der Waals surface area contributed by atoms with Gasteiger partial charge in [-0.2, -0.15) is 0 Å². The van der Waals surface area contributed by atoms with E-state index in [-0.39, 0.29) is 18.8 Å². The summed E-state index contributed by atoms with van der Waals surface area (Å²) < 4.78 is 21.7. The fourth-order valence-electron chi connectivity index (χ4n) is 1.48. The van der Waals surface area contributed by atoms with Crippen molar-refractivity contribution in [2.24, 2.45) is 5.92 Å². The van der Waals surface area contributed by atoms with Gasteiger partial charge in [0.25, 0.3) is 0 Å². The maximum absolute atomic E-state index is 11.3. The second-order valence-electron chi connectivity index (χ2n) is 4.44. The van der Waals surface area contributed by atoms with E-state index in [0.717, 1.165) is 12.7 Å². The van der Waals surface area contributed by atoms with Crippen LogP contribution in [0.15, 0.2) is 0 Å². The first kappa shape index (κ1) is 17.7. The number of carboxylic acid groups (broad SMARTS) is 1. The monoisotopic (exact) mass is 294 g/mol. The highest BCUT2D eigenvalue weighted by molar-refractivity contribution is 7.90. The lowest BCUT2D eigenvalue weighted by molar-refractivity contribution is -0.141. The Bertz CT molecular complexity index is 394. The first-order valence-electron chi connectivity index (χ1n) is 6.18. The third kappa shape index (κ3) is 10.3. The van der Waals surface area contributed by atoms with Crippen LogP contribution in [0.3, 0.4) is 0 Å². The molecule has 112 valence electrons. The number of carbonyl (C=O) groups is 2. The molecule has 1 atom stereocenters. The molecule has 0 saturated heterocycles. The molecule has 0 aliphatic carbocycles. The Morgan fingerprint density at radius 1 is 1.26 bits per heavy atom. The predicted molar refractivity (Wildman–Crippen MR) is 71.8 cm³/mol. The molecule has 2 amide bonds. The fraction of sp³-hybridized carbons (Fsp3) is 0.818. The molecule has 0 heterocycles. The topological polar surface area (TPSA) is 113 Å². The molecule has 0 aromatic heterocycles. The molecule has 19 heavy (non-hydrogen) atoms. The summed E-state index contributed by atoms with van der Waals surface area (Å²) in [6.45, 7) is 2.19. The van der Waals surface area contributed by atoms with E-state index in [9.17, 15) is 18.0 Å². The molecule has 0 aromatic carbocycles. The largest absolute Gasteiger partial charge is 0.481 e. The van der Waals surface area contributed by atoms with Crippen LogP contribution in [0.1, 0.15) is 26.2 Å². The summed E-state index contributed by atoms with van der Waals surface area (Å²) in [4.78, 5) is 22.2. The second kappa shape index (κ2) is 8.73. The molecule has 8 heteroatoms. The normalized spacial score (nSPS) is 12.7. The summed E-state index contributed by atoms with van der Waals surface area (Å²) in [6, 6.07) is -0.476. The molecule has 0 rings (SSSR count). The predicted octanol–water partition coefficient (Wildman–Crippen LogP) is 0.221. The highest BCUT2D eigenvalue weighted by atomic mass is 32.2. The zero-order valence-corrected chi connectivity index (χ0v) is 12.1. The molecule has 0 aliphatic heterocycles. The van der Waals surface area contributed by atoms with E-state index in [0.29, 0.717) is 12.8 Å². The van der Waals surface area contributed by atoms with Crippen molar-refractivity contribution in [1.82, 2.24) is 10.6 Å². The summed E-state index contributed by atoms with van der Waals surface area (Å²) in [7, 11) is -3.02. The van der Waals surface area contributed by atoms with Crippen LogP contribution >= 0.6 is 0 Å². The summed E-state index contributed by atoms with van der Waals surface area (Å²) >= 11 is 0. The van der Waals surface area contributed by atoms with Gasteiger partial charge < -0.3 is 15.7 Å². The van der Waals surface area contributed by atoms with Crippen molar-refractivity contribution in [1.29, 1.82) is 0 Å². The van der Waals surface area contributed by atoms with Gasteiger partial charge in [0, 0.05) is 19.3 Å². The number of rotatable bonds is 9. The number of carboxylic acids is 1. The van der Waals surface area contributed by atoms with E-state index in [1.165, 1.54) is 0 Å². The minimum Gasteiger partial charge on any atom is -0.481 e. The second-order valence-corrected chi connectivity index (χ2v) is 6.70. The third-order valence-corrected chi connectivity index (χ3v) is 3.50. The van der Waals surface area contributed by atoms with Gasteiger partial charge in [0.15, 0.2) is 0 Å². The van der Waals surface area contributed by atoms with E-state index >= 15 is 0 Å². The molecular formula is C11H22N2O5S. The average molecular weight is 294 g/mol. The zero-order chi connectivity index (χ0) is 14.9. The molecule has 0 aromatic rings. The Kier molecular flexibility index (Phi) is 8.13. The average Bonchev–Trinajstić information content (AvgIpc) is 2.28. The van der Waals surface area contributed by atoms with Crippen LogP contribution in [0.5, 0.6) is 0 Å². The van der Waals surface area contributed by atoms with Crippen LogP contribution in [0.25, 0.3) is 0 Å². The van der Waals surface area contributed by atoms with Crippen molar-refractivity contribution < 1.29 is 23.1 Å². The van der Waals surface area contributed by atoms with Gasteiger partial charge in [0.05, 0.1) is 11.7 Å². The van der Waals surface area contributed by atoms with Crippen LogP contribution in [-0.4, -0.2) is 50.6 Å². The molecule has 0 aliphatic rings. The van der Waals surface area contributed by atoms with Gasteiger partial charge in [-0.05, 0) is 12.8 Å². The molecular weight excluding hydrogens is 272 g/mol. The fourth-order valence-corrected chi connectivity index (χ4v) is 2.14. The van der Waals surface area contributed by atoms with Crippen LogP contribution < -0.4 is 10.6 Å². The number of amides is 2. The van der Waals surface area contributed by atoms with E-state index in [2.05, 4.69) is 10.6 Å². The van der Waals surface area contributed by atoms with Crippen molar-refractivity contribution in [2.75, 3.05) is 25.1 Å². The van der Waals surface area contributed by atoms with E-state index in [4.69, 9.17) is 5.11 Å². The minimum absolute atomic E-state index is 0.0147. The zero-order valence-electron chi connectivity index (χ0n) is 11.3. The Morgan fingerprint density at radius 3 is 2.37 bits per heavy atom. The Morgan fingerprint density at radius 2 is 1.89 bits per heavy atom. The highest BCUT2D eigenvalue weighted by Gasteiger charge is 2.16. The standard InChI is InChI=1S/C11H22N2O5S/c1-3-5-9(10(14)15)8-13-11(16)12-6-4-7-19(2,17)18/h9H,3-8H2,1-2H3,(H,14,15)(H2,12,13,16). The molecule has 1 unspecified atom stereocenters. The molecule has 0 bridgehead atoms. The van der Waals surface area contributed by atoms with Gasteiger partial charge in [0.2, 0.25) is 0 Å².